The van der Waals surface area contributed by atoms with Crippen LogP contribution in [-0.4, -0.2) is 73.8 Å². The Morgan fingerprint density at radius 3 is 2.69 bits per heavy atom. The Labute approximate surface area is 222 Å². The molecular weight excluding hydrogens is 536 g/mol. The number of hydrogen-bond donors (Lipinski definition) is 4. The number of carbonyl (C=O) groups is 1. The van der Waals surface area contributed by atoms with Gasteiger partial charge in [-0.1, -0.05) is 18.2 Å². The van der Waals surface area contributed by atoms with Gasteiger partial charge in [0.25, 0.3) is 0 Å². The van der Waals surface area contributed by atoms with Crippen LogP contribution in [0.1, 0.15) is 27.0 Å². The van der Waals surface area contributed by atoms with Crippen molar-refractivity contribution in [3.63, 3.8) is 0 Å². The van der Waals surface area contributed by atoms with Crippen molar-refractivity contribution in [3.8, 4) is 5.75 Å². The summed E-state index contributed by atoms with van der Waals surface area (Å²) in [6, 6.07) is 6.95. The Balaban J connectivity index is 1.41. The van der Waals surface area contributed by atoms with Crippen LogP contribution >= 0.6 is 7.75 Å². The molecule has 7 atom stereocenters. The van der Waals surface area contributed by atoms with Crippen LogP contribution in [0, 0.1) is 0 Å². The number of imidazole rings is 1. The molecule has 2 fully saturated rings. The molecule has 0 bridgehead atoms. The Morgan fingerprint density at radius 2 is 2.08 bits per heavy atom. The Bertz CT molecular complexity index is 1440. The van der Waals surface area contributed by atoms with Gasteiger partial charge in [0, 0.05) is 7.05 Å². The van der Waals surface area contributed by atoms with E-state index in [1.54, 1.807) is 32.2 Å². The van der Waals surface area contributed by atoms with Gasteiger partial charge in [-0.25, -0.2) is 13.9 Å². The highest BCUT2D eigenvalue weighted by molar-refractivity contribution is 7.52. The number of nitrogens with two attached hydrogens (primary N) is 1. The minimum absolute atomic E-state index is 0.0713. The van der Waals surface area contributed by atoms with Crippen LogP contribution in [0.4, 0.5) is 16.2 Å². The maximum absolute atomic E-state index is 16.4. The van der Waals surface area contributed by atoms with Crippen molar-refractivity contribution >= 4 is 36.6 Å². The molecule has 0 amide bonds. The maximum Gasteiger partial charge on any atom is 0.459 e. The number of fused-ring (bicyclic) bond motifs is 2. The number of halogens is 1. The van der Waals surface area contributed by atoms with Crippen molar-refractivity contribution < 1.29 is 37.4 Å². The van der Waals surface area contributed by atoms with E-state index in [0.717, 1.165) is 6.92 Å². The molecule has 1 unspecified atom stereocenters. The number of para-hydroxylation sites is 1. The summed E-state index contributed by atoms with van der Waals surface area (Å²) < 4.78 is 53.6. The average Bonchev–Trinajstić information content (AvgIpc) is 3.14. The second kappa shape index (κ2) is 9.68. The number of rotatable bonds is 10. The summed E-state index contributed by atoms with van der Waals surface area (Å²) in [4.78, 5) is 24.7. The largest absolute Gasteiger partial charge is 0.465 e. The summed E-state index contributed by atoms with van der Waals surface area (Å²) in [5.41, 5.74) is 1.62. The number of nitrogen functional groups attached to an aromatic ring is 1. The number of anilines is 2. The number of aliphatic hydroxyl groups is 1. The molecule has 5 rings (SSSR count). The number of nitrogens with zero attached hydrogens (tertiary/aromatic N) is 4. The second-order valence-electron chi connectivity index (χ2n) is 9.35. The number of alkyl halides is 1. The topological polar surface area (TPSA) is 185 Å². The summed E-state index contributed by atoms with van der Waals surface area (Å²) in [6.07, 6.45) is -2.71. The van der Waals surface area contributed by atoms with Crippen LogP contribution in [0.5, 0.6) is 5.75 Å². The van der Waals surface area contributed by atoms with Gasteiger partial charge in [-0.3, -0.25) is 13.9 Å². The first-order valence-corrected chi connectivity index (χ1v) is 13.7. The Kier molecular flexibility index (Phi) is 6.75. The molecule has 1 saturated carbocycles. The van der Waals surface area contributed by atoms with E-state index in [4.69, 9.17) is 24.3 Å². The first kappa shape index (κ1) is 27.2. The molecule has 1 aliphatic heterocycles. The van der Waals surface area contributed by atoms with E-state index in [9.17, 15) is 14.5 Å². The zero-order chi connectivity index (χ0) is 28.2. The fraction of sp³-hybridized carbons (Fsp3) is 0.478. The number of carbonyl (C=O) groups excluding carboxylic acids is 1. The minimum atomic E-state index is -4.38. The summed E-state index contributed by atoms with van der Waals surface area (Å²) in [7, 11) is -2.76. The monoisotopic (exact) mass is 565 g/mol. The summed E-state index contributed by atoms with van der Waals surface area (Å²) >= 11 is 0. The lowest BCUT2D eigenvalue weighted by Gasteiger charge is -2.31. The van der Waals surface area contributed by atoms with Gasteiger partial charge in [-0.05, 0) is 32.9 Å². The second-order valence-corrected chi connectivity index (χ2v) is 11.0. The first-order chi connectivity index (χ1) is 18.4. The highest BCUT2D eigenvalue weighted by atomic mass is 31.2. The smallest absolute Gasteiger partial charge is 0.459 e. The van der Waals surface area contributed by atoms with Crippen LogP contribution in [0.15, 0.2) is 36.7 Å². The summed E-state index contributed by atoms with van der Waals surface area (Å²) in [6.45, 7) is 4.27. The van der Waals surface area contributed by atoms with Gasteiger partial charge in [0.05, 0.1) is 12.9 Å². The van der Waals surface area contributed by atoms with Crippen LogP contribution in [0.2, 0.25) is 0 Å². The van der Waals surface area contributed by atoms with E-state index in [1.165, 1.54) is 30.0 Å². The number of esters is 1. The molecule has 210 valence electrons. The number of ether oxygens (including phenoxy) is 2. The first-order valence-electron chi connectivity index (χ1n) is 12.2. The highest BCUT2D eigenvalue weighted by Gasteiger charge is 2.85. The van der Waals surface area contributed by atoms with Crippen molar-refractivity contribution in [1.29, 1.82) is 0 Å². The van der Waals surface area contributed by atoms with Crippen LogP contribution in [0.25, 0.3) is 11.2 Å². The quantitative estimate of drug-likeness (QED) is 0.207. The zero-order valence-corrected chi connectivity index (χ0v) is 22.5. The van der Waals surface area contributed by atoms with Gasteiger partial charge in [0.15, 0.2) is 34.5 Å². The van der Waals surface area contributed by atoms with Crippen molar-refractivity contribution in [2.24, 2.45) is 0 Å². The molecular formula is C23H29FN7O7P. The lowest BCUT2D eigenvalue weighted by atomic mass is 9.97. The van der Waals surface area contributed by atoms with Crippen molar-refractivity contribution in [3.05, 3.63) is 36.7 Å². The zero-order valence-electron chi connectivity index (χ0n) is 21.6. The molecule has 0 radical (unpaired) electrons. The number of hydrogen-bond acceptors (Lipinski definition) is 12. The molecule has 3 aromatic rings. The number of benzene rings is 1. The Morgan fingerprint density at radius 1 is 1.36 bits per heavy atom. The van der Waals surface area contributed by atoms with Gasteiger partial charge in [0.2, 0.25) is 5.95 Å². The van der Waals surface area contributed by atoms with Gasteiger partial charge >= 0.3 is 13.7 Å². The molecule has 5 N–H and O–H groups in total. The molecule has 16 heteroatoms. The lowest BCUT2D eigenvalue weighted by molar-refractivity contribution is -0.144. The fourth-order valence-corrected chi connectivity index (χ4v) is 6.36. The number of nitrogens with one attached hydrogen (secondary N) is 2. The van der Waals surface area contributed by atoms with Crippen molar-refractivity contribution in [1.82, 2.24) is 24.6 Å². The third kappa shape index (κ3) is 4.49. The van der Waals surface area contributed by atoms with Gasteiger partial charge in [0.1, 0.15) is 24.0 Å². The lowest BCUT2D eigenvalue weighted by Crippen LogP contribution is -2.45. The predicted octanol–water partition coefficient (Wildman–Crippen LogP) is 1.93. The fourth-order valence-electron chi connectivity index (χ4n) is 4.66. The normalized spacial score (nSPS) is 29.8. The van der Waals surface area contributed by atoms with E-state index >= 15 is 4.39 Å². The molecule has 2 aromatic heterocycles. The molecule has 1 aromatic carbocycles. The van der Waals surface area contributed by atoms with Crippen molar-refractivity contribution in [2.75, 3.05) is 24.7 Å². The molecule has 3 heterocycles. The van der Waals surface area contributed by atoms with Crippen LogP contribution in [-0.2, 0) is 23.4 Å². The van der Waals surface area contributed by atoms with E-state index in [0.29, 0.717) is 11.3 Å². The summed E-state index contributed by atoms with van der Waals surface area (Å²) in [5.74, 6) is -0.279. The summed E-state index contributed by atoms with van der Waals surface area (Å²) in [5, 5.41) is 16.7. The third-order valence-corrected chi connectivity index (χ3v) is 8.36. The number of aromatic nitrogens is 4. The average molecular weight is 565 g/mol. The maximum atomic E-state index is 16.4. The highest BCUT2D eigenvalue weighted by Crippen LogP contribution is 2.66. The third-order valence-electron chi connectivity index (χ3n) is 6.70. The molecule has 14 nitrogen and oxygen atoms in total. The van der Waals surface area contributed by atoms with Gasteiger partial charge in [-0.2, -0.15) is 15.1 Å². The Hall–Kier alpha value is -3.36. The molecule has 1 saturated heterocycles. The molecule has 2 aliphatic rings. The van der Waals surface area contributed by atoms with Crippen LogP contribution < -0.4 is 20.7 Å². The van der Waals surface area contributed by atoms with Gasteiger partial charge < -0.3 is 30.2 Å². The molecule has 1 aliphatic carbocycles. The SMILES string of the molecule is CCOC(=O)[C@@H](C)N[P@@](=O)(Oc1ccccc1)OC1[C@H]2O[C@@H](n3cnc4c(NC)nc(N)nc43)[C@](C)(F)[C@@]12O. The van der Waals surface area contributed by atoms with E-state index in [-0.39, 0.29) is 24.0 Å². The minimum Gasteiger partial charge on any atom is -0.465 e. The molecule has 39 heavy (non-hydrogen) atoms. The molecule has 0 spiro atoms. The standard InChI is InChI=1S/C23H29FN7O7P/c1-5-35-19(32)12(2)30-39(34,37-13-9-7-6-8-10-13)38-16-15-23(16,33)22(3,24)20(36-15)31-11-27-14-17(26-4)28-21(25)29-18(14)31/h6-12,15-16,20,33H,5H2,1-4H3,(H,30,34)(H3,25,26,28,29)/t12-,15-,16?,20-,22+,23+,39-/m1/s1. The van der Waals surface area contributed by atoms with Crippen LogP contribution in [0.3, 0.4) is 0 Å². The van der Waals surface area contributed by atoms with E-state index in [2.05, 4.69) is 25.4 Å². The van der Waals surface area contributed by atoms with E-state index in [1.807, 2.05) is 0 Å². The van der Waals surface area contributed by atoms with Crippen molar-refractivity contribution in [2.45, 2.75) is 56.5 Å². The van der Waals surface area contributed by atoms with Gasteiger partial charge in [-0.15, -0.1) is 0 Å². The predicted molar refractivity (Wildman–Crippen MR) is 136 cm³/mol. The van der Waals surface area contributed by atoms with E-state index < -0.39 is 49.5 Å².